The molecule has 0 aliphatic heterocycles. The first-order valence-electron chi connectivity index (χ1n) is 7.75. The number of rotatable bonds is 5. The fourth-order valence-corrected chi connectivity index (χ4v) is 2.98. The third kappa shape index (κ3) is 3.01. The number of aromatic nitrogens is 2. The first-order chi connectivity index (χ1) is 11.8. The van der Waals surface area contributed by atoms with Gasteiger partial charge in [-0.05, 0) is 42.0 Å². The summed E-state index contributed by atoms with van der Waals surface area (Å²) >= 11 is 6.12. The number of furan rings is 1. The van der Waals surface area contributed by atoms with Crippen LogP contribution in [0.25, 0.3) is 11.0 Å². The third-order valence-corrected chi connectivity index (χ3v) is 4.12. The number of imidazole rings is 1. The summed E-state index contributed by atoms with van der Waals surface area (Å²) in [6, 6.07) is 19.8. The molecule has 4 aromatic rings. The molecule has 0 amide bonds. The number of hydrogen-bond donors (Lipinski definition) is 1. The van der Waals surface area contributed by atoms with E-state index in [1.54, 1.807) is 6.26 Å². The fourth-order valence-electron chi connectivity index (χ4n) is 2.77. The van der Waals surface area contributed by atoms with Crippen molar-refractivity contribution in [1.82, 2.24) is 9.55 Å². The largest absolute Gasteiger partial charge is 0.467 e. The summed E-state index contributed by atoms with van der Waals surface area (Å²) in [4.78, 5) is 4.71. The van der Waals surface area contributed by atoms with Crippen molar-refractivity contribution in [2.45, 2.75) is 13.1 Å². The van der Waals surface area contributed by atoms with Crippen molar-refractivity contribution in [3.05, 3.63) is 83.3 Å². The number of nitrogens with zero attached hydrogens (tertiary/aromatic N) is 2. The molecule has 0 bridgehead atoms. The molecule has 0 atom stereocenters. The number of anilines is 1. The van der Waals surface area contributed by atoms with Crippen molar-refractivity contribution >= 4 is 28.6 Å². The molecule has 24 heavy (non-hydrogen) atoms. The zero-order valence-electron chi connectivity index (χ0n) is 12.9. The Morgan fingerprint density at radius 1 is 1.04 bits per heavy atom. The number of fused-ring (bicyclic) bond motifs is 1. The molecule has 1 N–H and O–H groups in total. The Bertz CT molecular complexity index is 960. The molecule has 120 valence electrons. The van der Waals surface area contributed by atoms with E-state index >= 15 is 0 Å². The Morgan fingerprint density at radius 2 is 1.96 bits per heavy atom. The number of para-hydroxylation sites is 2. The van der Waals surface area contributed by atoms with Gasteiger partial charge in [-0.1, -0.05) is 35.9 Å². The van der Waals surface area contributed by atoms with E-state index in [0.717, 1.165) is 33.3 Å². The highest BCUT2D eigenvalue weighted by molar-refractivity contribution is 6.30. The van der Waals surface area contributed by atoms with Crippen molar-refractivity contribution in [1.29, 1.82) is 0 Å². The van der Waals surface area contributed by atoms with Gasteiger partial charge in [0.1, 0.15) is 5.76 Å². The first kappa shape index (κ1) is 14.8. The van der Waals surface area contributed by atoms with Gasteiger partial charge in [-0.2, -0.15) is 0 Å². The van der Waals surface area contributed by atoms with Crippen LogP contribution < -0.4 is 5.32 Å². The minimum Gasteiger partial charge on any atom is -0.467 e. The molecule has 0 saturated heterocycles. The highest BCUT2D eigenvalue weighted by Gasteiger charge is 2.11. The van der Waals surface area contributed by atoms with Crippen LogP contribution in [0.15, 0.2) is 71.3 Å². The first-order valence-corrected chi connectivity index (χ1v) is 8.13. The summed E-state index contributed by atoms with van der Waals surface area (Å²) in [7, 11) is 0. The zero-order valence-corrected chi connectivity index (χ0v) is 13.7. The highest BCUT2D eigenvalue weighted by atomic mass is 35.5. The maximum absolute atomic E-state index is 6.12. The van der Waals surface area contributed by atoms with Crippen LogP contribution in [-0.4, -0.2) is 9.55 Å². The summed E-state index contributed by atoms with van der Waals surface area (Å²) in [5, 5.41) is 4.10. The van der Waals surface area contributed by atoms with Gasteiger partial charge in [-0.15, -0.1) is 0 Å². The summed E-state index contributed by atoms with van der Waals surface area (Å²) in [6.45, 7) is 1.29. The van der Waals surface area contributed by atoms with Crippen LogP contribution >= 0.6 is 11.6 Å². The van der Waals surface area contributed by atoms with Crippen molar-refractivity contribution in [2.24, 2.45) is 0 Å². The summed E-state index contributed by atoms with van der Waals surface area (Å²) in [5.41, 5.74) is 3.17. The average Bonchev–Trinajstić information content (AvgIpc) is 3.21. The molecule has 2 aromatic heterocycles. The van der Waals surface area contributed by atoms with Crippen molar-refractivity contribution in [3.8, 4) is 0 Å². The molecule has 0 aliphatic carbocycles. The van der Waals surface area contributed by atoms with Crippen LogP contribution in [0, 0.1) is 0 Å². The lowest BCUT2D eigenvalue weighted by Crippen LogP contribution is -2.08. The normalized spacial score (nSPS) is 11.0. The van der Waals surface area contributed by atoms with E-state index < -0.39 is 0 Å². The van der Waals surface area contributed by atoms with Gasteiger partial charge in [0.2, 0.25) is 5.95 Å². The molecule has 0 fully saturated rings. The molecule has 4 rings (SSSR count). The third-order valence-electron chi connectivity index (χ3n) is 3.89. The van der Waals surface area contributed by atoms with Crippen molar-refractivity contribution in [2.75, 3.05) is 5.32 Å². The van der Waals surface area contributed by atoms with E-state index in [0.29, 0.717) is 13.1 Å². The van der Waals surface area contributed by atoms with Gasteiger partial charge in [-0.25, -0.2) is 4.98 Å². The van der Waals surface area contributed by atoms with Crippen molar-refractivity contribution in [3.63, 3.8) is 0 Å². The number of halogens is 1. The van der Waals surface area contributed by atoms with Gasteiger partial charge < -0.3 is 14.3 Å². The minimum absolute atomic E-state index is 0.589. The maximum Gasteiger partial charge on any atom is 0.204 e. The van der Waals surface area contributed by atoms with E-state index in [2.05, 4.69) is 22.0 Å². The van der Waals surface area contributed by atoms with Crippen molar-refractivity contribution < 1.29 is 4.42 Å². The van der Waals surface area contributed by atoms with Crippen LogP contribution in [0.2, 0.25) is 5.02 Å². The van der Waals surface area contributed by atoms with E-state index in [9.17, 15) is 0 Å². The number of benzene rings is 2. The molecule has 2 aromatic carbocycles. The molecule has 0 unspecified atom stereocenters. The quantitative estimate of drug-likeness (QED) is 0.560. The second-order valence-corrected chi connectivity index (χ2v) is 6.01. The number of hydrogen-bond acceptors (Lipinski definition) is 3. The van der Waals surface area contributed by atoms with Gasteiger partial charge in [0, 0.05) is 5.02 Å². The Hall–Kier alpha value is -2.72. The van der Waals surface area contributed by atoms with Gasteiger partial charge in [-0.3, -0.25) is 0 Å². The molecule has 0 aliphatic rings. The predicted octanol–water partition coefficient (Wildman–Crippen LogP) is 4.94. The summed E-state index contributed by atoms with van der Waals surface area (Å²) in [6.07, 6.45) is 1.67. The zero-order chi connectivity index (χ0) is 16.4. The second kappa shape index (κ2) is 6.42. The molecule has 4 nitrogen and oxygen atoms in total. The fraction of sp³-hybridized carbons (Fsp3) is 0.105. The van der Waals surface area contributed by atoms with Crippen LogP contribution in [0.1, 0.15) is 11.3 Å². The molecular weight excluding hydrogens is 322 g/mol. The number of nitrogens with one attached hydrogen (secondary N) is 1. The topological polar surface area (TPSA) is 43.0 Å². The van der Waals surface area contributed by atoms with Gasteiger partial charge in [0.25, 0.3) is 0 Å². The maximum atomic E-state index is 6.12. The Balaban J connectivity index is 1.69. The predicted molar refractivity (Wildman–Crippen MR) is 96.3 cm³/mol. The van der Waals surface area contributed by atoms with Gasteiger partial charge in [0.05, 0.1) is 30.4 Å². The Kier molecular flexibility index (Phi) is 3.97. The van der Waals surface area contributed by atoms with E-state index in [1.165, 1.54) is 0 Å². The molecule has 2 heterocycles. The monoisotopic (exact) mass is 337 g/mol. The van der Waals surface area contributed by atoms with Gasteiger partial charge in [0.15, 0.2) is 0 Å². The molecule has 5 heteroatoms. The smallest absolute Gasteiger partial charge is 0.204 e. The average molecular weight is 338 g/mol. The van der Waals surface area contributed by atoms with Crippen LogP contribution in [0.5, 0.6) is 0 Å². The van der Waals surface area contributed by atoms with Crippen LogP contribution in [0.4, 0.5) is 5.95 Å². The molecule has 0 radical (unpaired) electrons. The molecule has 0 saturated carbocycles. The van der Waals surface area contributed by atoms with E-state index in [-0.39, 0.29) is 0 Å². The van der Waals surface area contributed by atoms with E-state index in [1.807, 2.05) is 48.5 Å². The Labute approximate surface area is 144 Å². The van der Waals surface area contributed by atoms with E-state index in [4.69, 9.17) is 21.0 Å². The summed E-state index contributed by atoms with van der Waals surface area (Å²) in [5.74, 6) is 1.68. The summed E-state index contributed by atoms with van der Waals surface area (Å²) < 4.78 is 7.54. The molecule has 0 spiro atoms. The molecular formula is C19H16ClN3O. The lowest BCUT2D eigenvalue weighted by Gasteiger charge is -2.10. The SMILES string of the molecule is Clc1cccc(Cn2c(NCc3ccco3)nc3ccccc32)c1. The highest BCUT2D eigenvalue weighted by Crippen LogP contribution is 2.22. The van der Waals surface area contributed by atoms with Gasteiger partial charge >= 0.3 is 0 Å². The minimum atomic E-state index is 0.589. The Morgan fingerprint density at radius 3 is 2.79 bits per heavy atom. The van der Waals surface area contributed by atoms with Crippen LogP contribution in [0.3, 0.4) is 0 Å². The van der Waals surface area contributed by atoms with Crippen LogP contribution in [-0.2, 0) is 13.1 Å². The second-order valence-electron chi connectivity index (χ2n) is 5.57. The standard InChI is InChI=1S/C19H16ClN3O/c20-15-6-3-5-14(11-15)13-23-18-9-2-1-8-17(18)22-19(23)21-12-16-7-4-10-24-16/h1-11H,12-13H2,(H,21,22). The lowest BCUT2D eigenvalue weighted by molar-refractivity contribution is 0.517. The lowest BCUT2D eigenvalue weighted by atomic mass is 10.2.